The number of halogens is 3. The lowest BCUT2D eigenvalue weighted by atomic mass is 9.95. The van der Waals surface area contributed by atoms with Crippen LogP contribution in [0.5, 0.6) is 0 Å². The number of aliphatic hydroxyl groups is 1. The summed E-state index contributed by atoms with van der Waals surface area (Å²) in [6.45, 7) is 1.02. The molecule has 0 bridgehead atoms. The molecule has 0 aliphatic rings. The molecule has 0 saturated heterocycles. The van der Waals surface area contributed by atoms with Crippen molar-refractivity contribution in [2.24, 2.45) is 5.73 Å². The molecule has 3 N–H and O–H groups in total. The summed E-state index contributed by atoms with van der Waals surface area (Å²) in [4.78, 5) is 0. The molecular formula is C9H10BrF2NO. The first kappa shape index (κ1) is 11.6. The topological polar surface area (TPSA) is 46.2 Å². The Morgan fingerprint density at radius 2 is 1.86 bits per heavy atom. The van der Waals surface area contributed by atoms with Crippen molar-refractivity contribution in [1.82, 2.24) is 0 Å². The summed E-state index contributed by atoms with van der Waals surface area (Å²) < 4.78 is 26.9. The van der Waals surface area contributed by atoms with Crippen LogP contribution in [0.4, 0.5) is 8.78 Å². The van der Waals surface area contributed by atoms with Crippen molar-refractivity contribution in [1.29, 1.82) is 0 Å². The van der Waals surface area contributed by atoms with Gasteiger partial charge in [0.25, 0.3) is 0 Å². The van der Waals surface area contributed by atoms with Gasteiger partial charge in [-0.1, -0.05) is 15.9 Å². The van der Waals surface area contributed by atoms with Gasteiger partial charge in [0.05, 0.1) is 5.56 Å². The number of rotatable bonds is 2. The second kappa shape index (κ2) is 3.92. The zero-order valence-electron chi connectivity index (χ0n) is 7.52. The minimum absolute atomic E-state index is 0.248. The molecule has 0 spiro atoms. The predicted octanol–water partition coefficient (Wildman–Crippen LogP) is 1.89. The van der Waals surface area contributed by atoms with E-state index in [9.17, 15) is 13.9 Å². The Hall–Kier alpha value is -0.520. The van der Waals surface area contributed by atoms with Gasteiger partial charge in [0.2, 0.25) is 0 Å². The molecule has 2 nitrogen and oxygen atoms in total. The molecule has 1 rings (SSSR count). The van der Waals surface area contributed by atoms with Gasteiger partial charge in [0.15, 0.2) is 0 Å². The molecule has 0 aliphatic heterocycles. The molecule has 1 unspecified atom stereocenters. The molecule has 14 heavy (non-hydrogen) atoms. The van der Waals surface area contributed by atoms with E-state index >= 15 is 0 Å². The van der Waals surface area contributed by atoms with Crippen LogP contribution in [-0.2, 0) is 5.60 Å². The fourth-order valence-electron chi connectivity index (χ4n) is 1.16. The van der Waals surface area contributed by atoms with Gasteiger partial charge >= 0.3 is 0 Å². The second-order valence-corrected chi connectivity index (χ2v) is 4.14. The van der Waals surface area contributed by atoms with Gasteiger partial charge in [0.1, 0.15) is 17.2 Å². The summed E-state index contributed by atoms with van der Waals surface area (Å²) in [5.41, 5.74) is 3.13. The third kappa shape index (κ3) is 2.10. The Kier molecular flexibility index (Phi) is 3.24. The van der Waals surface area contributed by atoms with Crippen LogP contribution in [0, 0.1) is 11.6 Å². The van der Waals surface area contributed by atoms with Crippen LogP contribution in [0.1, 0.15) is 12.5 Å². The molecule has 0 aliphatic carbocycles. The lowest BCUT2D eigenvalue weighted by Crippen LogP contribution is -2.33. The molecule has 1 aromatic rings. The first-order chi connectivity index (χ1) is 6.38. The van der Waals surface area contributed by atoms with Gasteiger partial charge in [-0.2, -0.15) is 0 Å². The summed E-state index contributed by atoms with van der Waals surface area (Å²) in [6.07, 6.45) is 0. The van der Waals surface area contributed by atoms with Crippen LogP contribution >= 0.6 is 15.9 Å². The average molecular weight is 266 g/mol. The Bertz CT molecular complexity index is 332. The van der Waals surface area contributed by atoms with Crippen molar-refractivity contribution >= 4 is 15.9 Å². The Balaban J connectivity index is 3.35. The zero-order valence-corrected chi connectivity index (χ0v) is 9.11. The highest BCUT2D eigenvalue weighted by Crippen LogP contribution is 2.28. The molecule has 1 atom stereocenters. The van der Waals surface area contributed by atoms with Gasteiger partial charge in [0, 0.05) is 11.0 Å². The Morgan fingerprint density at radius 3 is 2.21 bits per heavy atom. The number of benzene rings is 1. The molecule has 1 aromatic carbocycles. The molecule has 0 fully saturated rings. The normalized spacial score (nSPS) is 15.3. The highest BCUT2D eigenvalue weighted by Gasteiger charge is 2.28. The Morgan fingerprint density at radius 1 is 1.43 bits per heavy atom. The lowest BCUT2D eigenvalue weighted by Gasteiger charge is -2.22. The molecule has 0 saturated carbocycles. The van der Waals surface area contributed by atoms with E-state index in [0.717, 1.165) is 12.1 Å². The van der Waals surface area contributed by atoms with E-state index in [1.165, 1.54) is 6.92 Å². The van der Waals surface area contributed by atoms with Crippen LogP contribution in [0.3, 0.4) is 0 Å². The molecule has 0 heterocycles. The quantitative estimate of drug-likeness (QED) is 0.858. The van der Waals surface area contributed by atoms with Crippen molar-refractivity contribution in [3.05, 3.63) is 33.8 Å². The molecule has 0 aromatic heterocycles. The van der Waals surface area contributed by atoms with E-state index in [1.807, 2.05) is 0 Å². The van der Waals surface area contributed by atoms with E-state index in [2.05, 4.69) is 15.9 Å². The van der Waals surface area contributed by atoms with E-state index in [-0.39, 0.29) is 11.0 Å². The third-order valence-corrected chi connectivity index (χ3v) is 2.40. The molecule has 5 heteroatoms. The molecular weight excluding hydrogens is 256 g/mol. The molecule has 0 amide bonds. The second-order valence-electron chi connectivity index (χ2n) is 3.22. The van der Waals surface area contributed by atoms with Crippen LogP contribution in [0.2, 0.25) is 0 Å². The van der Waals surface area contributed by atoms with Crippen molar-refractivity contribution in [2.45, 2.75) is 12.5 Å². The van der Waals surface area contributed by atoms with Crippen molar-refractivity contribution in [3.63, 3.8) is 0 Å². The van der Waals surface area contributed by atoms with E-state index in [0.29, 0.717) is 0 Å². The monoisotopic (exact) mass is 265 g/mol. The van der Waals surface area contributed by atoms with E-state index < -0.39 is 22.8 Å². The van der Waals surface area contributed by atoms with Crippen molar-refractivity contribution in [3.8, 4) is 0 Å². The van der Waals surface area contributed by atoms with Gasteiger partial charge < -0.3 is 10.8 Å². The molecule has 78 valence electrons. The first-order valence-electron chi connectivity index (χ1n) is 3.96. The standard InChI is InChI=1S/C9H10BrF2NO/c1-9(14,4-13)8-6(11)2-5(10)3-7(8)12/h2-3,14H,4,13H2,1H3. The maximum Gasteiger partial charge on any atom is 0.133 e. The maximum atomic E-state index is 13.3. The predicted molar refractivity (Wildman–Crippen MR) is 52.7 cm³/mol. The summed E-state index contributed by atoms with van der Waals surface area (Å²) in [5.74, 6) is -1.63. The largest absolute Gasteiger partial charge is 0.384 e. The lowest BCUT2D eigenvalue weighted by molar-refractivity contribution is 0.0587. The third-order valence-electron chi connectivity index (χ3n) is 1.94. The van der Waals surface area contributed by atoms with Crippen LogP contribution in [-0.4, -0.2) is 11.7 Å². The minimum atomic E-state index is -1.69. The first-order valence-corrected chi connectivity index (χ1v) is 4.75. The summed E-state index contributed by atoms with van der Waals surface area (Å²) in [5, 5.41) is 9.63. The van der Waals surface area contributed by atoms with Gasteiger partial charge in [-0.05, 0) is 19.1 Å². The highest BCUT2D eigenvalue weighted by molar-refractivity contribution is 9.10. The number of nitrogens with two attached hydrogens (primary N) is 1. The van der Waals surface area contributed by atoms with Gasteiger partial charge in [-0.25, -0.2) is 8.78 Å². The highest BCUT2D eigenvalue weighted by atomic mass is 79.9. The smallest absolute Gasteiger partial charge is 0.133 e. The van der Waals surface area contributed by atoms with Gasteiger partial charge in [-0.15, -0.1) is 0 Å². The van der Waals surface area contributed by atoms with Crippen LogP contribution < -0.4 is 5.73 Å². The maximum absolute atomic E-state index is 13.3. The average Bonchev–Trinajstić information content (AvgIpc) is 2.01. The van der Waals surface area contributed by atoms with E-state index in [1.54, 1.807) is 0 Å². The minimum Gasteiger partial charge on any atom is -0.384 e. The van der Waals surface area contributed by atoms with Crippen molar-refractivity contribution < 1.29 is 13.9 Å². The summed E-state index contributed by atoms with van der Waals surface area (Å²) in [6, 6.07) is 2.17. The number of hydrogen-bond donors (Lipinski definition) is 2. The summed E-state index contributed by atoms with van der Waals surface area (Å²) >= 11 is 2.94. The van der Waals surface area contributed by atoms with Crippen LogP contribution in [0.25, 0.3) is 0 Å². The molecule has 0 radical (unpaired) electrons. The zero-order chi connectivity index (χ0) is 10.9. The summed E-state index contributed by atoms with van der Waals surface area (Å²) in [7, 11) is 0. The SMILES string of the molecule is CC(O)(CN)c1c(F)cc(Br)cc1F. The van der Waals surface area contributed by atoms with E-state index in [4.69, 9.17) is 5.73 Å². The fraction of sp³-hybridized carbons (Fsp3) is 0.333. The number of hydrogen-bond acceptors (Lipinski definition) is 2. The van der Waals surface area contributed by atoms with Crippen molar-refractivity contribution in [2.75, 3.05) is 6.54 Å². The van der Waals surface area contributed by atoms with Crippen LogP contribution in [0.15, 0.2) is 16.6 Å². The van der Waals surface area contributed by atoms with Gasteiger partial charge in [-0.3, -0.25) is 0 Å². The fourth-order valence-corrected chi connectivity index (χ4v) is 1.56. The Labute approximate surface area is 88.9 Å².